The van der Waals surface area contributed by atoms with Crippen molar-refractivity contribution in [3.05, 3.63) is 53.6 Å². The van der Waals surface area contributed by atoms with E-state index in [4.69, 9.17) is 0 Å². The third-order valence-electron chi connectivity index (χ3n) is 1.68. The molecule has 0 saturated carbocycles. The van der Waals surface area contributed by atoms with E-state index in [2.05, 4.69) is 0 Å². The second-order valence-electron chi connectivity index (χ2n) is 2.95. The Balaban J connectivity index is 0.00000196. The van der Waals surface area contributed by atoms with Crippen LogP contribution in [0.2, 0.25) is 0 Å². The quantitative estimate of drug-likeness (QED) is 0.342. The molecule has 0 bridgehead atoms. The first-order chi connectivity index (χ1) is 6.68. The third-order valence-corrected chi connectivity index (χ3v) is 1.68. The zero-order chi connectivity index (χ0) is 10.4. The molecule has 0 N–H and O–H groups in total. The summed E-state index contributed by atoms with van der Waals surface area (Å²) in [6, 6.07) is 9.68. The van der Waals surface area contributed by atoms with Gasteiger partial charge in [0, 0.05) is 0 Å². The van der Waals surface area contributed by atoms with Gasteiger partial charge in [-0.2, -0.15) is 0 Å². The fraction of sp³-hybridized carbons (Fsp3) is 0.0833. The van der Waals surface area contributed by atoms with Crippen molar-refractivity contribution in [1.82, 2.24) is 0 Å². The minimum absolute atomic E-state index is 0. The number of rotatable bonds is 3. The summed E-state index contributed by atoms with van der Waals surface area (Å²) in [6.45, 7) is 1.72. The first kappa shape index (κ1) is 14.2. The van der Waals surface area contributed by atoms with Crippen LogP contribution in [0.15, 0.2) is 48.1 Å². The number of carbonyl (C=O) groups excluding carboxylic acids is 1. The predicted molar refractivity (Wildman–Crippen MR) is 54.2 cm³/mol. The monoisotopic (exact) mass is 210 g/mol. The van der Waals surface area contributed by atoms with Crippen molar-refractivity contribution in [2.24, 2.45) is 0 Å². The number of hydrogen-bond acceptors (Lipinski definition) is 2. The normalized spacial score (nSPS) is 11.1. The number of carboxylic acids is 1. The number of carboxylic acid groups (broad SMARTS) is 1. The van der Waals surface area contributed by atoms with Crippen molar-refractivity contribution in [3.8, 4) is 0 Å². The molecule has 2 nitrogen and oxygen atoms in total. The Morgan fingerprint density at radius 1 is 1.27 bits per heavy atom. The Bertz CT molecular complexity index is 366. The molecule has 0 aliphatic carbocycles. The van der Waals surface area contributed by atoms with Gasteiger partial charge in [0.1, 0.15) is 0 Å². The summed E-state index contributed by atoms with van der Waals surface area (Å²) in [4.78, 5) is 10.2. The van der Waals surface area contributed by atoms with Gasteiger partial charge in [-0.15, -0.1) is 0 Å². The molecular weight excluding hydrogens is 199 g/mol. The van der Waals surface area contributed by atoms with Crippen molar-refractivity contribution < 1.29 is 39.5 Å². The van der Waals surface area contributed by atoms with E-state index in [9.17, 15) is 9.90 Å². The van der Waals surface area contributed by atoms with Crippen LogP contribution >= 0.6 is 0 Å². The van der Waals surface area contributed by atoms with E-state index in [1.807, 2.05) is 36.4 Å². The predicted octanol–water partition coefficient (Wildman–Crippen LogP) is -1.60. The first-order valence-corrected chi connectivity index (χ1v) is 4.31. The first-order valence-electron chi connectivity index (χ1n) is 4.31. The van der Waals surface area contributed by atoms with E-state index in [1.165, 1.54) is 0 Å². The minimum Gasteiger partial charge on any atom is -0.545 e. The molecule has 3 heteroatoms. The molecule has 1 aromatic rings. The second kappa shape index (κ2) is 7.46. The topological polar surface area (TPSA) is 40.1 Å². The van der Waals surface area contributed by atoms with Crippen molar-refractivity contribution in [3.63, 3.8) is 0 Å². The zero-order valence-corrected chi connectivity index (χ0v) is 10.9. The van der Waals surface area contributed by atoms with Crippen LogP contribution in [-0.2, 0) is 4.79 Å². The zero-order valence-electron chi connectivity index (χ0n) is 8.94. The molecule has 0 unspecified atom stereocenters. The van der Waals surface area contributed by atoms with E-state index in [0.717, 1.165) is 11.6 Å². The van der Waals surface area contributed by atoms with Crippen LogP contribution in [-0.4, -0.2) is 5.97 Å². The fourth-order valence-electron chi connectivity index (χ4n) is 1.03. The molecule has 0 atom stereocenters. The van der Waals surface area contributed by atoms with Gasteiger partial charge in [0.05, 0.1) is 5.97 Å². The molecule has 0 aromatic heterocycles. The molecule has 72 valence electrons. The fourth-order valence-corrected chi connectivity index (χ4v) is 1.03. The number of benzene rings is 1. The standard InChI is InChI=1S/C12H12O2.Na/c1-10(9-12(13)14)7-8-11-5-3-2-4-6-11;/h2-9H,1H3,(H,13,14);/q;+1/p-1. The van der Waals surface area contributed by atoms with Crippen molar-refractivity contribution >= 4 is 12.0 Å². The van der Waals surface area contributed by atoms with Gasteiger partial charge in [0.15, 0.2) is 0 Å². The van der Waals surface area contributed by atoms with Crippen LogP contribution in [0.25, 0.3) is 6.08 Å². The van der Waals surface area contributed by atoms with Crippen molar-refractivity contribution in [2.45, 2.75) is 6.92 Å². The van der Waals surface area contributed by atoms with Crippen LogP contribution in [0.4, 0.5) is 0 Å². The molecule has 0 heterocycles. The Kier molecular flexibility index (Phi) is 7.05. The third kappa shape index (κ3) is 6.28. The molecule has 0 radical (unpaired) electrons. The van der Waals surface area contributed by atoms with E-state index < -0.39 is 5.97 Å². The van der Waals surface area contributed by atoms with Crippen LogP contribution < -0.4 is 34.7 Å². The average molecular weight is 210 g/mol. The largest absolute Gasteiger partial charge is 1.00 e. The molecule has 0 aliphatic heterocycles. The Labute approximate surface area is 112 Å². The molecule has 0 aliphatic rings. The number of allylic oxidation sites excluding steroid dienone is 2. The summed E-state index contributed by atoms with van der Waals surface area (Å²) in [7, 11) is 0. The van der Waals surface area contributed by atoms with Crippen molar-refractivity contribution in [2.75, 3.05) is 0 Å². The summed E-state index contributed by atoms with van der Waals surface area (Å²) < 4.78 is 0. The SMILES string of the molecule is CC(C=Cc1ccccc1)=CC(=O)[O-].[Na+]. The molecular formula is C12H11NaO2. The summed E-state index contributed by atoms with van der Waals surface area (Å²) in [6.07, 6.45) is 4.67. The summed E-state index contributed by atoms with van der Waals surface area (Å²) in [5.74, 6) is -1.17. The number of hydrogen-bond donors (Lipinski definition) is 0. The van der Waals surface area contributed by atoms with Gasteiger partial charge < -0.3 is 9.90 Å². The summed E-state index contributed by atoms with van der Waals surface area (Å²) in [5.41, 5.74) is 1.70. The Hall–Kier alpha value is -0.830. The molecule has 15 heavy (non-hydrogen) atoms. The van der Waals surface area contributed by atoms with Crippen LogP contribution in [0.1, 0.15) is 12.5 Å². The van der Waals surface area contributed by atoms with E-state index in [1.54, 1.807) is 13.0 Å². The van der Waals surface area contributed by atoms with Gasteiger partial charge in [0.2, 0.25) is 0 Å². The minimum atomic E-state index is -1.17. The van der Waals surface area contributed by atoms with E-state index in [0.29, 0.717) is 5.57 Å². The van der Waals surface area contributed by atoms with Gasteiger partial charge in [-0.3, -0.25) is 0 Å². The Morgan fingerprint density at radius 3 is 2.40 bits per heavy atom. The maximum atomic E-state index is 10.2. The van der Waals surface area contributed by atoms with Crippen LogP contribution in [0.5, 0.6) is 0 Å². The molecule has 0 fully saturated rings. The molecule has 0 spiro atoms. The molecule has 1 aromatic carbocycles. The van der Waals surface area contributed by atoms with Crippen molar-refractivity contribution in [1.29, 1.82) is 0 Å². The van der Waals surface area contributed by atoms with E-state index >= 15 is 0 Å². The van der Waals surface area contributed by atoms with E-state index in [-0.39, 0.29) is 29.6 Å². The van der Waals surface area contributed by atoms with Gasteiger partial charge in [-0.1, -0.05) is 42.5 Å². The Morgan fingerprint density at radius 2 is 1.87 bits per heavy atom. The number of carbonyl (C=O) groups is 1. The van der Waals surface area contributed by atoms with Gasteiger partial charge in [-0.05, 0) is 24.1 Å². The van der Waals surface area contributed by atoms with Gasteiger partial charge in [0.25, 0.3) is 0 Å². The molecule has 1 rings (SSSR count). The summed E-state index contributed by atoms with van der Waals surface area (Å²) in [5, 5.41) is 10.2. The molecule has 0 amide bonds. The van der Waals surface area contributed by atoms with Gasteiger partial charge >= 0.3 is 29.6 Å². The second-order valence-corrected chi connectivity index (χ2v) is 2.95. The van der Waals surface area contributed by atoms with Crippen LogP contribution in [0.3, 0.4) is 0 Å². The number of aliphatic carboxylic acids is 1. The molecule has 0 saturated heterocycles. The summed E-state index contributed by atoms with van der Waals surface area (Å²) >= 11 is 0. The van der Waals surface area contributed by atoms with Gasteiger partial charge in [-0.25, -0.2) is 0 Å². The average Bonchev–Trinajstić information content (AvgIpc) is 2.15. The maximum Gasteiger partial charge on any atom is 1.00 e. The maximum absolute atomic E-state index is 10.2. The van der Waals surface area contributed by atoms with Crippen LogP contribution in [0, 0.1) is 0 Å². The smallest absolute Gasteiger partial charge is 0.545 e.